The number of amides is 1. The summed E-state index contributed by atoms with van der Waals surface area (Å²) in [5.41, 5.74) is 4.36. The third-order valence-electron chi connectivity index (χ3n) is 6.81. The highest BCUT2D eigenvalue weighted by molar-refractivity contribution is 6.11. The highest BCUT2D eigenvalue weighted by atomic mass is 28.1. The minimum absolute atomic E-state index is 0.0638. The van der Waals surface area contributed by atoms with Crippen LogP contribution in [0.1, 0.15) is 53.2 Å². The van der Waals surface area contributed by atoms with Gasteiger partial charge in [-0.2, -0.15) is 0 Å². The molecular formula is C27H29N3O2Si. The molecule has 0 bridgehead atoms. The van der Waals surface area contributed by atoms with E-state index in [4.69, 9.17) is 4.74 Å². The minimum Gasteiger partial charge on any atom is -0.494 e. The van der Waals surface area contributed by atoms with Crippen molar-refractivity contribution in [1.29, 1.82) is 0 Å². The number of hydrogen-bond acceptors (Lipinski definition) is 4. The number of pyridine rings is 1. The second-order valence-electron chi connectivity index (χ2n) is 9.15. The molecule has 0 radical (unpaired) electrons. The van der Waals surface area contributed by atoms with Crippen LogP contribution in [0, 0.1) is 18.8 Å². The van der Waals surface area contributed by atoms with E-state index in [0.717, 1.165) is 69.4 Å². The number of carbonyl (C=O) groups excluding carboxylic acids is 1. The van der Waals surface area contributed by atoms with Gasteiger partial charge in [0, 0.05) is 28.8 Å². The number of hydrogen-bond donors (Lipinski definition) is 2. The Balaban J connectivity index is 1.43. The summed E-state index contributed by atoms with van der Waals surface area (Å²) in [5, 5.41) is 7.84. The summed E-state index contributed by atoms with van der Waals surface area (Å²) < 4.78 is 6.19. The average molecular weight is 456 g/mol. The number of carbonyl (C=O) groups is 1. The second kappa shape index (κ2) is 8.66. The smallest absolute Gasteiger partial charge is 0.252 e. The maximum Gasteiger partial charge on any atom is 0.252 e. The van der Waals surface area contributed by atoms with Crippen LogP contribution in [0.3, 0.4) is 0 Å². The van der Waals surface area contributed by atoms with Gasteiger partial charge < -0.3 is 15.4 Å². The highest BCUT2D eigenvalue weighted by Gasteiger charge is 2.47. The number of aryl methyl sites for hydroxylation is 1. The van der Waals surface area contributed by atoms with Crippen LogP contribution in [-0.4, -0.2) is 39.4 Å². The van der Waals surface area contributed by atoms with E-state index in [9.17, 15) is 4.79 Å². The summed E-state index contributed by atoms with van der Waals surface area (Å²) in [7, 11) is 0.936. The molecule has 0 spiro atoms. The topological polar surface area (TPSA) is 63.2 Å². The third kappa shape index (κ3) is 4.27. The molecule has 1 saturated carbocycles. The van der Waals surface area contributed by atoms with Crippen LogP contribution in [-0.2, 0) is 5.54 Å². The molecule has 168 valence electrons. The molecule has 3 aromatic rings. The first-order valence-corrected chi connectivity index (χ1v) is 12.8. The third-order valence-corrected chi connectivity index (χ3v) is 7.85. The monoisotopic (exact) mass is 455 g/mol. The maximum absolute atomic E-state index is 13.5. The molecule has 2 aromatic carbocycles. The summed E-state index contributed by atoms with van der Waals surface area (Å²) in [4.78, 5) is 18.0. The molecule has 1 amide bonds. The number of fused-ring (bicyclic) bond motifs is 1. The molecule has 33 heavy (non-hydrogen) atoms. The number of aromatic nitrogens is 1. The van der Waals surface area contributed by atoms with Crippen molar-refractivity contribution in [3.8, 4) is 17.6 Å². The van der Waals surface area contributed by atoms with E-state index in [0.29, 0.717) is 11.6 Å². The molecule has 2 atom stereocenters. The Hall–Kier alpha value is -3.14. The fourth-order valence-electron chi connectivity index (χ4n) is 4.59. The lowest BCUT2D eigenvalue weighted by Crippen LogP contribution is -2.53. The number of nitrogens with one attached hydrogen (secondary N) is 2. The van der Waals surface area contributed by atoms with Crippen LogP contribution in [0.25, 0.3) is 10.9 Å². The van der Waals surface area contributed by atoms with Gasteiger partial charge in [0.05, 0.1) is 27.0 Å². The largest absolute Gasteiger partial charge is 0.494 e. The lowest BCUT2D eigenvalue weighted by atomic mass is 9.95. The predicted octanol–water partition coefficient (Wildman–Crippen LogP) is 2.77. The minimum atomic E-state index is -0.386. The van der Waals surface area contributed by atoms with Gasteiger partial charge in [0.25, 0.3) is 5.91 Å². The van der Waals surface area contributed by atoms with Crippen molar-refractivity contribution in [2.75, 3.05) is 6.54 Å². The Bertz CT molecular complexity index is 1290. The summed E-state index contributed by atoms with van der Waals surface area (Å²) in [5.74, 6) is 6.84. The molecule has 5 rings (SSSR count). The Morgan fingerprint density at radius 1 is 1.30 bits per heavy atom. The SMILES string of the molecule is CC#Cc1cc(C2(NC(=O)c3cc(OC([SiH3])[C@@H]4CCN4)ccc3C)CC2)c2cccnc2c1. The zero-order valence-corrected chi connectivity index (χ0v) is 21.4. The Morgan fingerprint density at radius 2 is 2.12 bits per heavy atom. The van der Waals surface area contributed by atoms with Crippen molar-refractivity contribution in [3.63, 3.8) is 0 Å². The number of rotatable bonds is 6. The van der Waals surface area contributed by atoms with Gasteiger partial charge in [0.1, 0.15) is 5.75 Å². The van der Waals surface area contributed by atoms with Crippen LogP contribution in [0.4, 0.5) is 0 Å². The van der Waals surface area contributed by atoms with Crippen molar-refractivity contribution < 1.29 is 9.53 Å². The first-order chi connectivity index (χ1) is 16.0. The molecule has 1 saturated heterocycles. The quantitative estimate of drug-likeness (QED) is 0.443. The molecule has 1 aliphatic carbocycles. The van der Waals surface area contributed by atoms with Gasteiger partial charge in [-0.1, -0.05) is 18.1 Å². The van der Waals surface area contributed by atoms with Crippen molar-refractivity contribution >= 4 is 27.1 Å². The van der Waals surface area contributed by atoms with Gasteiger partial charge in [-0.05, 0) is 81.1 Å². The zero-order valence-electron chi connectivity index (χ0n) is 19.4. The Morgan fingerprint density at radius 3 is 2.82 bits per heavy atom. The molecule has 1 aromatic heterocycles. The Kier molecular flexibility index (Phi) is 5.69. The molecule has 1 aliphatic heterocycles. The normalized spacial score (nSPS) is 19.2. The molecular weight excluding hydrogens is 426 g/mol. The lowest BCUT2D eigenvalue weighted by molar-refractivity contribution is 0.0929. The van der Waals surface area contributed by atoms with Gasteiger partial charge in [0.15, 0.2) is 0 Å². The maximum atomic E-state index is 13.5. The van der Waals surface area contributed by atoms with Crippen LogP contribution >= 0.6 is 0 Å². The lowest BCUT2D eigenvalue weighted by Gasteiger charge is -2.33. The molecule has 6 heteroatoms. The molecule has 2 aliphatic rings. The van der Waals surface area contributed by atoms with Crippen molar-refractivity contribution in [2.24, 2.45) is 0 Å². The van der Waals surface area contributed by atoms with Gasteiger partial charge in [-0.25, -0.2) is 0 Å². The highest BCUT2D eigenvalue weighted by Crippen LogP contribution is 2.48. The van der Waals surface area contributed by atoms with Crippen LogP contribution in [0.15, 0.2) is 48.7 Å². The van der Waals surface area contributed by atoms with Crippen molar-refractivity contribution in [3.05, 3.63) is 70.9 Å². The summed E-state index contributed by atoms with van der Waals surface area (Å²) in [6.07, 6.45) is 4.75. The second-order valence-corrected chi connectivity index (χ2v) is 10.3. The number of nitrogens with zero attached hydrogens (tertiary/aromatic N) is 1. The first kappa shape index (κ1) is 21.7. The van der Waals surface area contributed by atoms with E-state index < -0.39 is 0 Å². The first-order valence-electron chi connectivity index (χ1n) is 11.6. The fraction of sp³-hybridized carbons (Fsp3) is 0.333. The van der Waals surface area contributed by atoms with E-state index >= 15 is 0 Å². The fourth-order valence-corrected chi connectivity index (χ4v) is 5.43. The van der Waals surface area contributed by atoms with E-state index in [1.54, 1.807) is 6.20 Å². The van der Waals surface area contributed by atoms with Crippen LogP contribution < -0.4 is 15.4 Å². The standard InChI is InChI=1S/C27H29N3O2Si/c1-3-5-18-14-22(20-6-4-12-28-24(20)15-18)27(10-11-27)30-25(31)21-16-19(8-7-17(21)2)32-26(33)23-9-13-29-23/h4,6-8,12,14-16,23,26,29H,9-11,13H2,1-2,33H3,(H,30,31)/t23-,26?/m0/s1. The van der Waals surface area contributed by atoms with Gasteiger partial charge in [-0.15, -0.1) is 5.92 Å². The Labute approximate surface area is 197 Å². The predicted molar refractivity (Wildman–Crippen MR) is 135 cm³/mol. The number of ether oxygens (including phenoxy) is 1. The van der Waals surface area contributed by atoms with E-state index in [-0.39, 0.29) is 17.2 Å². The number of benzene rings is 2. The van der Waals surface area contributed by atoms with Gasteiger partial charge in [0.2, 0.25) is 0 Å². The molecule has 2 fully saturated rings. The average Bonchev–Trinajstić information content (AvgIpc) is 3.54. The molecule has 1 unspecified atom stereocenters. The molecule has 2 N–H and O–H groups in total. The van der Waals surface area contributed by atoms with E-state index in [2.05, 4.69) is 39.6 Å². The summed E-state index contributed by atoms with van der Waals surface area (Å²) >= 11 is 0. The zero-order chi connectivity index (χ0) is 23.0. The van der Waals surface area contributed by atoms with E-state index in [1.165, 1.54) is 0 Å². The van der Waals surface area contributed by atoms with Crippen LogP contribution in [0.2, 0.25) is 0 Å². The van der Waals surface area contributed by atoms with Crippen molar-refractivity contribution in [2.45, 2.75) is 50.4 Å². The van der Waals surface area contributed by atoms with Gasteiger partial charge >= 0.3 is 0 Å². The van der Waals surface area contributed by atoms with Crippen molar-refractivity contribution in [1.82, 2.24) is 15.6 Å². The molecule has 2 heterocycles. The van der Waals surface area contributed by atoms with Crippen LogP contribution in [0.5, 0.6) is 5.75 Å². The van der Waals surface area contributed by atoms with Gasteiger partial charge in [-0.3, -0.25) is 9.78 Å². The van der Waals surface area contributed by atoms with E-state index in [1.807, 2.05) is 44.2 Å². The summed E-state index contributed by atoms with van der Waals surface area (Å²) in [6.45, 7) is 4.87. The summed E-state index contributed by atoms with van der Waals surface area (Å²) in [6, 6.07) is 14.4. The molecule has 5 nitrogen and oxygen atoms in total.